The van der Waals surface area contributed by atoms with Gasteiger partial charge in [-0.2, -0.15) is 0 Å². The molecule has 3 fully saturated rings. The third-order valence-electron chi connectivity index (χ3n) is 18.6. The summed E-state index contributed by atoms with van der Waals surface area (Å²) in [7, 11) is 0. The number of hydrogen-bond donors (Lipinski definition) is 25. The van der Waals surface area contributed by atoms with E-state index in [2.05, 4.69) is 53.2 Å². The molecule has 1 aromatic rings. The molecular weight excluding hydrogens is 1460 g/mol. The number of carboxylic acids is 2. The van der Waals surface area contributed by atoms with E-state index < -0.39 is 282 Å². The lowest BCUT2D eigenvalue weighted by molar-refractivity contribution is -0.373. The van der Waals surface area contributed by atoms with Gasteiger partial charge in [-0.05, 0) is 75.8 Å². The zero-order chi connectivity index (χ0) is 82.7. The summed E-state index contributed by atoms with van der Waals surface area (Å²) >= 11 is 0. The van der Waals surface area contributed by atoms with Crippen LogP contribution in [0.2, 0.25) is 0 Å². The van der Waals surface area contributed by atoms with Crippen LogP contribution in [-0.2, 0) is 87.6 Å². The number of carbonyl (C=O) groups excluding carboxylic acids is 10. The first kappa shape index (κ1) is 94.5. The molecule has 3 saturated heterocycles. The maximum Gasteiger partial charge on any atom is 0.326 e. The normalized spacial score (nSPS) is 27.1. The van der Waals surface area contributed by atoms with Crippen molar-refractivity contribution in [2.45, 2.75) is 266 Å². The Bertz CT molecular complexity index is 3180. The Morgan fingerprint density at radius 3 is 1.58 bits per heavy atom. The Labute approximate surface area is 633 Å². The van der Waals surface area contributed by atoms with Crippen LogP contribution in [-0.4, -0.2) is 323 Å². The van der Waals surface area contributed by atoms with Crippen LogP contribution in [0.5, 0.6) is 0 Å². The van der Waals surface area contributed by atoms with Gasteiger partial charge in [-0.1, -0.05) is 78.3 Å². The van der Waals surface area contributed by atoms with Gasteiger partial charge in [0.1, 0.15) is 122 Å². The van der Waals surface area contributed by atoms with Crippen molar-refractivity contribution in [2.75, 3.05) is 32.9 Å². The number of ether oxygens (including phenoxy) is 5. The smallest absolute Gasteiger partial charge is 0.326 e. The molecule has 624 valence electrons. The molecule has 42 nitrogen and oxygen atoms in total. The van der Waals surface area contributed by atoms with Gasteiger partial charge in [0.15, 0.2) is 18.8 Å². The average Bonchev–Trinajstić information content (AvgIpc) is 0.777. The number of aliphatic carboxylic acids is 2. The van der Waals surface area contributed by atoms with Crippen molar-refractivity contribution in [3.8, 4) is 0 Å². The second kappa shape index (κ2) is 45.6. The first-order valence-corrected chi connectivity index (χ1v) is 36.2. The minimum absolute atomic E-state index is 0.00140. The Balaban J connectivity index is 1.68. The highest BCUT2D eigenvalue weighted by Crippen LogP contribution is 2.33. The molecule has 27 N–H and O–H groups in total. The van der Waals surface area contributed by atoms with E-state index >= 15 is 0 Å². The Hall–Kier alpha value is -7.86. The van der Waals surface area contributed by atoms with E-state index in [9.17, 15) is 124 Å². The molecule has 0 aromatic heterocycles. The zero-order valence-electron chi connectivity index (χ0n) is 62.4. The van der Waals surface area contributed by atoms with Crippen LogP contribution in [0.1, 0.15) is 112 Å². The molecule has 0 radical (unpaired) electrons. The second-order valence-electron chi connectivity index (χ2n) is 28.2. The van der Waals surface area contributed by atoms with E-state index in [1.54, 1.807) is 59.7 Å². The number of aliphatic hydroxyl groups excluding tert-OH is 11. The molecule has 10 amide bonds. The molecule has 42 heteroatoms. The number of carboxylic acid groups (broad SMARTS) is 2. The Kier molecular flexibility index (Phi) is 39.2. The van der Waals surface area contributed by atoms with Gasteiger partial charge in [-0.3, -0.25) is 52.7 Å². The van der Waals surface area contributed by atoms with Gasteiger partial charge >= 0.3 is 11.9 Å². The number of hydrogen-bond acceptors (Lipinski definition) is 30. The summed E-state index contributed by atoms with van der Waals surface area (Å²) in [5.41, 5.74) is 11.9. The maximum atomic E-state index is 14.9. The van der Waals surface area contributed by atoms with E-state index in [1.165, 1.54) is 12.1 Å². The Morgan fingerprint density at radius 1 is 0.518 bits per heavy atom. The fourth-order valence-electron chi connectivity index (χ4n) is 11.8. The van der Waals surface area contributed by atoms with Gasteiger partial charge in [0.2, 0.25) is 59.1 Å². The predicted molar refractivity (Wildman–Crippen MR) is 377 cm³/mol. The van der Waals surface area contributed by atoms with Crippen LogP contribution in [0.4, 0.5) is 0 Å². The summed E-state index contributed by atoms with van der Waals surface area (Å²) in [6.45, 7) is 8.67. The van der Waals surface area contributed by atoms with Gasteiger partial charge < -0.3 is 155 Å². The van der Waals surface area contributed by atoms with Crippen LogP contribution in [0.3, 0.4) is 0 Å². The fourth-order valence-corrected chi connectivity index (χ4v) is 11.8. The lowest BCUT2D eigenvalue weighted by atomic mass is 9.95. The summed E-state index contributed by atoms with van der Waals surface area (Å²) in [5, 5.41) is 161. The van der Waals surface area contributed by atoms with Crippen LogP contribution in [0, 0.1) is 17.8 Å². The number of rotatable bonds is 44. The molecular formula is C68H112N12O30. The van der Waals surface area contributed by atoms with Crippen LogP contribution >= 0.6 is 0 Å². The largest absolute Gasteiger partial charge is 0.481 e. The summed E-state index contributed by atoms with van der Waals surface area (Å²) < 4.78 is 28.0. The Morgan fingerprint density at radius 2 is 1.04 bits per heavy atom. The van der Waals surface area contributed by atoms with Crippen LogP contribution < -0.4 is 64.6 Å². The monoisotopic (exact) mass is 1580 g/mol. The molecule has 0 aliphatic carbocycles. The minimum Gasteiger partial charge on any atom is -0.481 e. The summed E-state index contributed by atoms with van der Waals surface area (Å²) in [6.07, 6.45) is -33.6. The summed E-state index contributed by atoms with van der Waals surface area (Å²) in [4.78, 5) is 164. The van der Waals surface area contributed by atoms with Gasteiger partial charge in [0.25, 0.3) is 0 Å². The highest BCUT2D eigenvalue weighted by Gasteiger charge is 2.54. The molecule has 1 aromatic carbocycles. The second-order valence-corrected chi connectivity index (χ2v) is 28.2. The third kappa shape index (κ3) is 28.1. The van der Waals surface area contributed by atoms with Crippen LogP contribution in [0.15, 0.2) is 30.3 Å². The van der Waals surface area contributed by atoms with Crippen molar-refractivity contribution in [3.63, 3.8) is 0 Å². The van der Waals surface area contributed by atoms with Crippen molar-refractivity contribution < 1.29 is 148 Å². The molecule has 3 heterocycles. The van der Waals surface area contributed by atoms with Crippen molar-refractivity contribution in [1.29, 1.82) is 0 Å². The zero-order valence-corrected chi connectivity index (χ0v) is 62.4. The number of nitrogens with one attached hydrogen (secondary N) is 10. The van der Waals surface area contributed by atoms with E-state index in [0.717, 1.165) is 13.8 Å². The maximum absolute atomic E-state index is 14.9. The number of carbonyl (C=O) groups is 12. The number of benzene rings is 1. The fraction of sp³-hybridized carbons (Fsp3) is 0.735. The lowest BCUT2D eigenvalue weighted by Gasteiger charge is -2.48. The molecule has 3 aliphatic heterocycles. The standard InChI is InChI=1S/C68H112N12O30/c1-9-30(6)46(79-62(101)45(70)29(4)5)63(102)80-47(32(8)84)64(103)72-31(7)57(96)76-37(22-33-15-11-10-12-16-33)60(99)77-38(61(100)74-34(18-19-44(87)88)58(97)71-24-43(86)73-36(21-28(2)3)59(98)75-35(66(104)105)17-13-14-20-69)23-42(85)78-65-52(93)50(91)55(40(26-82)106-65)109-68-54(95)51(92)56(41(27-83)108-68)110-67-53(94)49(90)48(89)39(25-81)107-67/h10-12,15-16,28-32,34-41,45-56,65,67-68,81-84,89-95H,9,13-14,17-27,69-70H2,1-8H3,(H,71,97)(H,72,103)(H,73,86)(H,74,100)(H,75,98)(H,76,96)(H,77,99)(H,78,85)(H,79,101)(H,80,102)(H,87,88)(H,104,105)/t30-,31-,32+,34-,35-,36-,37-,38-,39+,40+,41+,45-,46-,47-,48+,49-,50+,51+,52+,53+,54+,55+,56+,65+,67+,68+/m0/s1. The van der Waals surface area contributed by atoms with E-state index in [1.807, 2.05) is 0 Å². The van der Waals surface area contributed by atoms with Crippen molar-refractivity contribution in [1.82, 2.24) is 53.2 Å². The van der Waals surface area contributed by atoms with Crippen LogP contribution in [0.25, 0.3) is 0 Å². The molecule has 3 aliphatic rings. The first-order valence-electron chi connectivity index (χ1n) is 36.2. The molecule has 0 spiro atoms. The SMILES string of the molecule is CC[C@H](C)[C@H](NC(=O)[C@@H](N)C(C)C)C(=O)N[C@H](C(=O)N[C@@H](C)C(=O)N[C@@H](Cc1ccccc1)C(=O)N[C@@H](CC(=O)N[C@@H]1O[C@H](CO)[C@@H](O[C@H]2O[C@H](CO)[C@@H](O[C@H]3O[C@H](CO)[C@@H](O)[C@H](O)[C@H]3O)[C@H](O)[C@H]2O)[C@H](O)[C@H]1O)C(=O)N[C@@H](CCC(=O)O)C(=O)NCC(=O)N[C@@H](CC(C)C)C(=O)N[C@@H](CCCCN)C(=O)O)[C@@H](C)O. The molecule has 26 atom stereocenters. The number of aliphatic hydroxyl groups is 11. The molecule has 0 saturated carbocycles. The highest BCUT2D eigenvalue weighted by molar-refractivity contribution is 5.99. The van der Waals surface area contributed by atoms with Gasteiger partial charge in [0.05, 0.1) is 44.9 Å². The highest BCUT2D eigenvalue weighted by atomic mass is 16.7. The molecule has 4 rings (SSSR count). The summed E-state index contributed by atoms with van der Waals surface area (Å²) in [5.74, 6) is -15.1. The van der Waals surface area contributed by atoms with E-state index in [0.29, 0.717) is 24.8 Å². The average molecular weight is 1580 g/mol. The summed E-state index contributed by atoms with van der Waals surface area (Å²) in [6, 6.07) is -6.68. The topological polar surface area (TPSA) is 686 Å². The minimum atomic E-state index is -2.32. The molecule has 110 heavy (non-hydrogen) atoms. The van der Waals surface area contributed by atoms with Gasteiger partial charge in [-0.25, -0.2) is 4.79 Å². The van der Waals surface area contributed by atoms with Crippen molar-refractivity contribution >= 4 is 71.0 Å². The van der Waals surface area contributed by atoms with Gasteiger partial charge in [-0.15, -0.1) is 0 Å². The predicted octanol–water partition coefficient (Wildman–Crippen LogP) is -10.3. The molecule has 0 bridgehead atoms. The third-order valence-corrected chi connectivity index (χ3v) is 18.6. The number of amides is 10. The number of unbranched alkanes of at least 4 members (excludes halogenated alkanes) is 1. The first-order chi connectivity index (χ1) is 51.7. The van der Waals surface area contributed by atoms with E-state index in [4.69, 9.17) is 35.2 Å². The van der Waals surface area contributed by atoms with Crippen molar-refractivity contribution in [3.05, 3.63) is 35.9 Å². The van der Waals surface area contributed by atoms with Gasteiger partial charge in [0, 0.05) is 12.8 Å². The number of nitrogens with two attached hydrogens (primary N) is 2. The quantitative estimate of drug-likeness (QED) is 0.0270. The van der Waals surface area contributed by atoms with E-state index in [-0.39, 0.29) is 31.2 Å². The lowest BCUT2D eigenvalue weighted by Crippen LogP contribution is -2.67. The van der Waals surface area contributed by atoms with Crippen molar-refractivity contribution in [2.24, 2.45) is 29.2 Å². The molecule has 0 unspecified atom stereocenters.